The molecule has 3 N–H and O–H groups in total. The summed E-state index contributed by atoms with van der Waals surface area (Å²) in [6, 6.07) is 0.294. The van der Waals surface area contributed by atoms with E-state index in [4.69, 9.17) is 0 Å². The van der Waals surface area contributed by atoms with Gasteiger partial charge in [-0.15, -0.1) is 0 Å². The summed E-state index contributed by atoms with van der Waals surface area (Å²) in [6.07, 6.45) is 6.30. The van der Waals surface area contributed by atoms with E-state index >= 15 is 0 Å². The third-order valence-corrected chi connectivity index (χ3v) is 3.89. The summed E-state index contributed by atoms with van der Waals surface area (Å²) in [6.45, 7) is 5.08. The van der Waals surface area contributed by atoms with Gasteiger partial charge in [-0.1, -0.05) is 12.8 Å². The Kier molecular flexibility index (Phi) is 4.18. The molecule has 0 aliphatic heterocycles. The Hall–Kier alpha value is -0.870. The van der Waals surface area contributed by atoms with E-state index in [1.165, 1.54) is 18.4 Å². The van der Waals surface area contributed by atoms with Crippen LogP contribution in [0.4, 0.5) is 0 Å². The maximum atomic E-state index is 9.91. The van der Waals surface area contributed by atoms with Gasteiger partial charge in [0.15, 0.2) is 0 Å². The monoisotopic (exact) mass is 237 g/mol. The van der Waals surface area contributed by atoms with Crippen molar-refractivity contribution in [3.8, 4) is 0 Å². The van der Waals surface area contributed by atoms with E-state index in [1.807, 2.05) is 13.1 Å². The average molecular weight is 237 g/mol. The van der Waals surface area contributed by atoms with E-state index in [1.54, 1.807) is 0 Å². The quantitative estimate of drug-likeness (QED) is 0.749. The van der Waals surface area contributed by atoms with Crippen molar-refractivity contribution in [2.75, 3.05) is 6.54 Å². The van der Waals surface area contributed by atoms with Crippen LogP contribution in [0.3, 0.4) is 0 Å². The van der Waals surface area contributed by atoms with Crippen LogP contribution in [0.25, 0.3) is 0 Å². The number of aromatic amines is 1. The maximum absolute atomic E-state index is 9.91. The minimum absolute atomic E-state index is 0.117. The standard InChI is InChI=1S/C13H23N3O/c1-9(12-8-15-16-10(12)2)14-7-11-5-3-4-6-13(11)17/h8-9,11,13-14,17H,3-7H2,1-2H3,(H,15,16). The topological polar surface area (TPSA) is 60.9 Å². The number of aliphatic hydroxyl groups is 1. The third kappa shape index (κ3) is 3.07. The molecular formula is C13H23N3O. The van der Waals surface area contributed by atoms with Crippen molar-refractivity contribution in [3.05, 3.63) is 17.5 Å². The highest BCUT2D eigenvalue weighted by atomic mass is 16.3. The number of H-pyrrole nitrogens is 1. The summed E-state index contributed by atoms with van der Waals surface area (Å²) >= 11 is 0. The first-order chi connectivity index (χ1) is 8.18. The smallest absolute Gasteiger partial charge is 0.0580 e. The second-order valence-electron chi connectivity index (χ2n) is 5.19. The van der Waals surface area contributed by atoms with Crippen molar-refractivity contribution >= 4 is 0 Å². The molecule has 1 fully saturated rings. The van der Waals surface area contributed by atoms with Crippen molar-refractivity contribution in [1.82, 2.24) is 15.5 Å². The van der Waals surface area contributed by atoms with Gasteiger partial charge < -0.3 is 10.4 Å². The molecule has 0 radical (unpaired) electrons. The summed E-state index contributed by atoms with van der Waals surface area (Å²) in [5.74, 6) is 0.415. The predicted octanol–water partition coefficient (Wildman–Crippen LogP) is 1.92. The number of hydrogen-bond acceptors (Lipinski definition) is 3. The summed E-state index contributed by atoms with van der Waals surface area (Å²) < 4.78 is 0. The third-order valence-electron chi connectivity index (χ3n) is 3.89. The Bertz CT molecular complexity index is 350. The molecule has 0 saturated heterocycles. The van der Waals surface area contributed by atoms with Gasteiger partial charge in [0, 0.05) is 23.8 Å². The Balaban J connectivity index is 1.83. The molecule has 96 valence electrons. The van der Waals surface area contributed by atoms with Crippen molar-refractivity contribution in [2.24, 2.45) is 5.92 Å². The Morgan fingerprint density at radius 3 is 2.94 bits per heavy atom. The lowest BCUT2D eigenvalue weighted by atomic mass is 9.86. The van der Waals surface area contributed by atoms with Crippen LogP contribution < -0.4 is 5.32 Å². The summed E-state index contributed by atoms with van der Waals surface area (Å²) in [5.41, 5.74) is 2.34. The zero-order valence-electron chi connectivity index (χ0n) is 10.7. The second kappa shape index (κ2) is 5.65. The second-order valence-corrected chi connectivity index (χ2v) is 5.19. The number of nitrogens with zero attached hydrogens (tertiary/aromatic N) is 1. The van der Waals surface area contributed by atoms with Crippen molar-refractivity contribution in [3.63, 3.8) is 0 Å². The number of aromatic nitrogens is 2. The van der Waals surface area contributed by atoms with Gasteiger partial charge in [0.2, 0.25) is 0 Å². The van der Waals surface area contributed by atoms with Crippen molar-refractivity contribution < 1.29 is 5.11 Å². The van der Waals surface area contributed by atoms with Gasteiger partial charge in [-0.25, -0.2) is 0 Å². The zero-order valence-corrected chi connectivity index (χ0v) is 10.7. The molecule has 1 aromatic rings. The van der Waals surface area contributed by atoms with Gasteiger partial charge in [-0.3, -0.25) is 5.10 Å². The minimum Gasteiger partial charge on any atom is -0.393 e. The highest BCUT2D eigenvalue weighted by Crippen LogP contribution is 2.24. The fourth-order valence-electron chi connectivity index (χ4n) is 2.66. The summed E-state index contributed by atoms with van der Waals surface area (Å²) in [5, 5.41) is 20.4. The first-order valence-electron chi connectivity index (χ1n) is 6.60. The van der Waals surface area contributed by atoms with Crippen LogP contribution in [0.2, 0.25) is 0 Å². The largest absolute Gasteiger partial charge is 0.393 e. The van der Waals surface area contributed by atoms with Crippen LogP contribution in [-0.4, -0.2) is 28.0 Å². The molecule has 0 amide bonds. The van der Waals surface area contributed by atoms with Gasteiger partial charge in [-0.05, 0) is 32.6 Å². The van der Waals surface area contributed by atoms with E-state index in [9.17, 15) is 5.11 Å². The molecule has 1 aliphatic rings. The number of nitrogens with one attached hydrogen (secondary N) is 2. The van der Waals surface area contributed by atoms with Crippen LogP contribution in [0.5, 0.6) is 0 Å². The van der Waals surface area contributed by atoms with Crippen LogP contribution >= 0.6 is 0 Å². The molecule has 3 unspecified atom stereocenters. The molecule has 1 saturated carbocycles. The van der Waals surface area contributed by atoms with E-state index in [0.717, 1.165) is 25.1 Å². The molecule has 4 heteroatoms. The molecule has 4 nitrogen and oxygen atoms in total. The van der Waals surface area contributed by atoms with Crippen LogP contribution in [0.1, 0.15) is 49.9 Å². The highest BCUT2D eigenvalue weighted by molar-refractivity contribution is 5.18. The zero-order chi connectivity index (χ0) is 12.3. The summed E-state index contributed by atoms with van der Waals surface area (Å²) in [7, 11) is 0. The lowest BCUT2D eigenvalue weighted by Gasteiger charge is -2.29. The molecule has 1 aromatic heterocycles. The lowest BCUT2D eigenvalue weighted by molar-refractivity contribution is 0.0684. The molecule has 0 spiro atoms. The van der Waals surface area contributed by atoms with E-state index in [0.29, 0.717) is 12.0 Å². The number of rotatable bonds is 4. The molecule has 0 aromatic carbocycles. The van der Waals surface area contributed by atoms with Gasteiger partial charge in [0.05, 0.1) is 12.3 Å². The Labute approximate surface area is 103 Å². The number of aliphatic hydroxyl groups excluding tert-OH is 1. The van der Waals surface area contributed by atoms with Crippen molar-refractivity contribution in [1.29, 1.82) is 0 Å². The molecule has 1 heterocycles. The van der Waals surface area contributed by atoms with Crippen LogP contribution in [0, 0.1) is 12.8 Å². The fourth-order valence-corrected chi connectivity index (χ4v) is 2.66. The van der Waals surface area contributed by atoms with Gasteiger partial charge >= 0.3 is 0 Å². The molecule has 17 heavy (non-hydrogen) atoms. The first-order valence-corrected chi connectivity index (χ1v) is 6.60. The normalized spacial score (nSPS) is 27.0. The number of hydrogen-bond donors (Lipinski definition) is 3. The van der Waals surface area contributed by atoms with E-state index in [-0.39, 0.29) is 6.10 Å². The van der Waals surface area contributed by atoms with E-state index < -0.39 is 0 Å². The van der Waals surface area contributed by atoms with Crippen molar-refractivity contribution in [2.45, 2.75) is 51.7 Å². The number of aryl methyl sites for hydroxylation is 1. The molecule has 2 rings (SSSR count). The predicted molar refractivity (Wildman–Crippen MR) is 67.7 cm³/mol. The van der Waals surface area contributed by atoms with Gasteiger partial charge in [0.1, 0.15) is 0 Å². The maximum Gasteiger partial charge on any atom is 0.0580 e. The van der Waals surface area contributed by atoms with Crippen LogP contribution in [-0.2, 0) is 0 Å². The van der Waals surface area contributed by atoms with Gasteiger partial charge in [0.25, 0.3) is 0 Å². The minimum atomic E-state index is -0.117. The lowest BCUT2D eigenvalue weighted by Crippen LogP contribution is -2.35. The fraction of sp³-hybridized carbons (Fsp3) is 0.769. The molecule has 0 bridgehead atoms. The first kappa shape index (κ1) is 12.6. The summed E-state index contributed by atoms with van der Waals surface area (Å²) in [4.78, 5) is 0. The average Bonchev–Trinajstić information content (AvgIpc) is 2.74. The molecule has 3 atom stereocenters. The molecule has 1 aliphatic carbocycles. The Morgan fingerprint density at radius 1 is 1.53 bits per heavy atom. The molecular weight excluding hydrogens is 214 g/mol. The van der Waals surface area contributed by atoms with E-state index in [2.05, 4.69) is 22.4 Å². The van der Waals surface area contributed by atoms with Gasteiger partial charge in [-0.2, -0.15) is 5.10 Å². The Morgan fingerprint density at radius 2 is 2.29 bits per heavy atom. The van der Waals surface area contributed by atoms with Crippen LogP contribution in [0.15, 0.2) is 6.20 Å². The SMILES string of the molecule is Cc1[nH]ncc1C(C)NCC1CCCCC1O. The highest BCUT2D eigenvalue weighted by Gasteiger charge is 2.23.